The summed E-state index contributed by atoms with van der Waals surface area (Å²) >= 11 is 0. The molecule has 1 fully saturated rings. The predicted octanol–water partition coefficient (Wildman–Crippen LogP) is 3.71. The lowest BCUT2D eigenvalue weighted by molar-refractivity contribution is -0.137. The predicted molar refractivity (Wildman–Crippen MR) is 95.8 cm³/mol. The van der Waals surface area contributed by atoms with Crippen LogP contribution >= 0.6 is 0 Å². The molecular weight excluding hydrogens is 376 g/mol. The molecule has 0 saturated carbocycles. The minimum Gasteiger partial charge on any atom is -0.390 e. The van der Waals surface area contributed by atoms with Gasteiger partial charge in [0.25, 0.3) is 0 Å². The SMILES string of the molecule is CC(O)C1(F)CCN(c2ccc3ncc(-c4cccc(C(F)(F)F)c4)n3n2)C1. The standard InChI is InChI=1S/C19H18F4N4O/c1-12(28)18(20)7-8-26(11-18)17-6-5-16-24-10-15(27(16)25-17)13-3-2-4-14(9-13)19(21,22)23/h2-6,9-10,12,28H,7-8,11H2,1H3. The van der Waals surface area contributed by atoms with Gasteiger partial charge in [-0.1, -0.05) is 12.1 Å². The molecule has 0 aliphatic carbocycles. The number of hydrogen-bond acceptors (Lipinski definition) is 4. The molecule has 1 N–H and O–H groups in total. The third kappa shape index (κ3) is 3.19. The van der Waals surface area contributed by atoms with E-state index in [2.05, 4.69) is 10.1 Å². The van der Waals surface area contributed by atoms with Gasteiger partial charge in [0, 0.05) is 18.5 Å². The van der Waals surface area contributed by atoms with Crippen LogP contribution in [0.1, 0.15) is 18.9 Å². The van der Waals surface area contributed by atoms with E-state index >= 15 is 0 Å². The molecule has 3 heterocycles. The van der Waals surface area contributed by atoms with E-state index in [1.54, 1.807) is 23.1 Å². The zero-order chi connectivity index (χ0) is 20.1. The molecule has 2 unspecified atom stereocenters. The van der Waals surface area contributed by atoms with Crippen molar-refractivity contribution in [1.29, 1.82) is 0 Å². The number of hydrogen-bond donors (Lipinski definition) is 1. The molecule has 0 amide bonds. The van der Waals surface area contributed by atoms with Gasteiger partial charge in [-0.2, -0.15) is 13.2 Å². The quantitative estimate of drug-likeness (QED) is 0.688. The summed E-state index contributed by atoms with van der Waals surface area (Å²) in [4.78, 5) is 5.91. The number of aromatic nitrogens is 3. The lowest BCUT2D eigenvalue weighted by Gasteiger charge is -2.24. The summed E-state index contributed by atoms with van der Waals surface area (Å²) in [5.41, 5.74) is -1.26. The van der Waals surface area contributed by atoms with Gasteiger partial charge in [0.15, 0.2) is 11.3 Å². The first-order valence-electron chi connectivity index (χ1n) is 8.82. The van der Waals surface area contributed by atoms with Crippen molar-refractivity contribution in [3.05, 3.63) is 48.2 Å². The van der Waals surface area contributed by atoms with Crippen LogP contribution in [0.2, 0.25) is 0 Å². The second kappa shape index (κ2) is 6.44. The van der Waals surface area contributed by atoms with Crippen LogP contribution in [0.4, 0.5) is 23.4 Å². The van der Waals surface area contributed by atoms with Gasteiger partial charge in [-0.15, -0.1) is 5.10 Å². The monoisotopic (exact) mass is 394 g/mol. The van der Waals surface area contributed by atoms with Crippen LogP contribution in [0.3, 0.4) is 0 Å². The molecule has 5 nitrogen and oxygen atoms in total. The summed E-state index contributed by atoms with van der Waals surface area (Å²) in [6.45, 7) is 1.80. The van der Waals surface area contributed by atoms with E-state index in [4.69, 9.17) is 0 Å². The molecule has 28 heavy (non-hydrogen) atoms. The number of aliphatic hydroxyl groups is 1. The zero-order valence-electron chi connectivity index (χ0n) is 15.0. The van der Waals surface area contributed by atoms with Crippen LogP contribution in [0.5, 0.6) is 0 Å². The van der Waals surface area contributed by atoms with Crippen LogP contribution in [-0.2, 0) is 6.18 Å². The first kappa shape index (κ1) is 18.7. The van der Waals surface area contributed by atoms with E-state index in [0.29, 0.717) is 29.3 Å². The van der Waals surface area contributed by atoms with E-state index in [-0.39, 0.29) is 13.0 Å². The summed E-state index contributed by atoms with van der Waals surface area (Å²) in [5, 5.41) is 14.1. The van der Waals surface area contributed by atoms with E-state index in [1.807, 2.05) is 0 Å². The highest BCUT2D eigenvalue weighted by molar-refractivity contribution is 5.64. The number of imidazole rings is 1. The molecule has 3 aromatic rings. The highest BCUT2D eigenvalue weighted by Gasteiger charge is 2.43. The van der Waals surface area contributed by atoms with Crippen molar-refractivity contribution in [1.82, 2.24) is 14.6 Å². The number of benzene rings is 1. The summed E-state index contributed by atoms with van der Waals surface area (Å²) in [6.07, 6.45) is -3.92. The number of rotatable bonds is 3. The fourth-order valence-corrected chi connectivity index (χ4v) is 3.42. The molecule has 1 saturated heterocycles. The highest BCUT2D eigenvalue weighted by Crippen LogP contribution is 2.34. The molecule has 1 aliphatic rings. The molecular formula is C19H18F4N4O. The third-order valence-corrected chi connectivity index (χ3v) is 5.16. The lowest BCUT2D eigenvalue weighted by atomic mass is 10.00. The van der Waals surface area contributed by atoms with Crippen molar-refractivity contribution in [2.24, 2.45) is 0 Å². The number of aliphatic hydroxyl groups excluding tert-OH is 1. The fourth-order valence-electron chi connectivity index (χ4n) is 3.42. The van der Waals surface area contributed by atoms with Crippen LogP contribution < -0.4 is 4.90 Å². The Balaban J connectivity index is 1.72. The molecule has 0 spiro atoms. The molecule has 2 atom stereocenters. The number of anilines is 1. The topological polar surface area (TPSA) is 53.7 Å². The van der Waals surface area contributed by atoms with E-state index in [9.17, 15) is 22.7 Å². The van der Waals surface area contributed by atoms with Gasteiger partial charge in [-0.3, -0.25) is 0 Å². The van der Waals surface area contributed by atoms with Crippen LogP contribution in [0, 0.1) is 0 Å². The molecule has 2 aromatic heterocycles. The molecule has 1 aliphatic heterocycles. The van der Waals surface area contributed by atoms with Crippen molar-refractivity contribution >= 4 is 11.5 Å². The van der Waals surface area contributed by atoms with Gasteiger partial charge in [0.1, 0.15) is 5.82 Å². The fraction of sp³-hybridized carbons (Fsp3) is 0.368. The van der Waals surface area contributed by atoms with Crippen LogP contribution in [0.25, 0.3) is 16.9 Å². The number of halogens is 4. The average Bonchev–Trinajstić information content (AvgIpc) is 3.25. The number of alkyl halides is 4. The molecule has 0 radical (unpaired) electrons. The normalized spacial score (nSPS) is 21.4. The van der Waals surface area contributed by atoms with Crippen molar-refractivity contribution in [2.45, 2.75) is 31.3 Å². The van der Waals surface area contributed by atoms with Crippen molar-refractivity contribution in [3.63, 3.8) is 0 Å². The summed E-state index contributed by atoms with van der Waals surface area (Å²) < 4.78 is 55.2. The van der Waals surface area contributed by atoms with E-state index in [1.165, 1.54) is 23.7 Å². The Morgan fingerprint density at radius 2 is 2.00 bits per heavy atom. The van der Waals surface area contributed by atoms with Gasteiger partial charge in [-0.25, -0.2) is 13.9 Å². The Morgan fingerprint density at radius 1 is 1.21 bits per heavy atom. The zero-order valence-corrected chi connectivity index (χ0v) is 15.0. The Morgan fingerprint density at radius 3 is 2.68 bits per heavy atom. The number of fused-ring (bicyclic) bond motifs is 1. The van der Waals surface area contributed by atoms with Gasteiger partial charge in [0.05, 0.1) is 30.1 Å². The Labute approximate surface area is 158 Å². The second-order valence-corrected chi connectivity index (χ2v) is 7.07. The Kier molecular flexibility index (Phi) is 4.29. The van der Waals surface area contributed by atoms with Gasteiger partial charge in [-0.05, 0) is 31.2 Å². The second-order valence-electron chi connectivity index (χ2n) is 7.07. The maximum absolute atomic E-state index is 14.7. The maximum atomic E-state index is 14.7. The average molecular weight is 394 g/mol. The third-order valence-electron chi connectivity index (χ3n) is 5.16. The van der Waals surface area contributed by atoms with Gasteiger partial charge in [0.2, 0.25) is 0 Å². The van der Waals surface area contributed by atoms with Gasteiger partial charge < -0.3 is 10.0 Å². The van der Waals surface area contributed by atoms with Crippen LogP contribution in [0.15, 0.2) is 42.6 Å². The summed E-state index contributed by atoms with van der Waals surface area (Å²) in [7, 11) is 0. The largest absolute Gasteiger partial charge is 0.416 e. The van der Waals surface area contributed by atoms with Gasteiger partial charge >= 0.3 is 6.18 Å². The smallest absolute Gasteiger partial charge is 0.390 e. The molecule has 1 aromatic carbocycles. The highest BCUT2D eigenvalue weighted by atomic mass is 19.4. The summed E-state index contributed by atoms with van der Waals surface area (Å²) in [6, 6.07) is 8.32. The van der Waals surface area contributed by atoms with E-state index in [0.717, 1.165) is 12.1 Å². The first-order chi connectivity index (χ1) is 13.2. The molecule has 0 bridgehead atoms. The Hall–Kier alpha value is -2.68. The van der Waals surface area contributed by atoms with E-state index < -0.39 is 23.5 Å². The minimum absolute atomic E-state index is 0.00321. The lowest BCUT2D eigenvalue weighted by Crippen LogP contribution is -2.39. The first-order valence-corrected chi connectivity index (χ1v) is 8.82. The minimum atomic E-state index is -4.45. The maximum Gasteiger partial charge on any atom is 0.416 e. The molecule has 148 valence electrons. The summed E-state index contributed by atoms with van der Waals surface area (Å²) in [5.74, 6) is 0.471. The van der Waals surface area contributed by atoms with Crippen molar-refractivity contribution in [3.8, 4) is 11.3 Å². The van der Waals surface area contributed by atoms with Crippen molar-refractivity contribution in [2.75, 3.05) is 18.0 Å². The van der Waals surface area contributed by atoms with Crippen molar-refractivity contribution < 1.29 is 22.7 Å². The number of nitrogens with zero attached hydrogens (tertiary/aromatic N) is 4. The molecule has 9 heteroatoms. The molecule has 4 rings (SSSR count). The Bertz CT molecular complexity index is 1020. The van der Waals surface area contributed by atoms with Crippen LogP contribution in [-0.4, -0.2) is 44.6 Å².